The van der Waals surface area contributed by atoms with Gasteiger partial charge in [-0.3, -0.25) is 9.59 Å². The van der Waals surface area contributed by atoms with Crippen molar-refractivity contribution >= 4 is 19.7 Å². The predicted molar refractivity (Wildman–Crippen MR) is 149 cm³/mol. The number of amides is 1. The van der Waals surface area contributed by atoms with Crippen LogP contribution in [0.4, 0.5) is 0 Å². The molecule has 0 spiro atoms. The fourth-order valence-corrected chi connectivity index (χ4v) is 5.39. The summed E-state index contributed by atoms with van der Waals surface area (Å²) in [7, 11) is -5.70. The molecular weight excluding hydrogens is 573 g/mol. The fraction of sp³-hybridized carbons (Fsp3) is 0.929. The Bertz CT molecular complexity index is 797. The molecule has 5 N–H and O–H groups in total. The Morgan fingerprint density at radius 3 is 1.88 bits per heavy atom. The van der Waals surface area contributed by atoms with E-state index >= 15 is 0 Å². The minimum Gasteiger partial charge on any atom is -0.790 e. The van der Waals surface area contributed by atoms with Crippen LogP contribution in [0.5, 0.6) is 0 Å². The van der Waals surface area contributed by atoms with Crippen molar-refractivity contribution in [2.45, 2.75) is 159 Å². The number of carbonyl (C=O) groups excluding carboxylic acids is 2. The number of carbonyl (C=O) groups is 2. The Morgan fingerprint density at radius 1 is 0.881 bits per heavy atom. The fourth-order valence-electron chi connectivity index (χ4n) is 4.95. The molecule has 0 saturated carbocycles. The minimum atomic E-state index is -5.70. The van der Waals surface area contributed by atoms with E-state index in [1.54, 1.807) is 0 Å². The van der Waals surface area contributed by atoms with Gasteiger partial charge in [-0.05, 0) is 12.8 Å². The maximum atomic E-state index is 12.8. The number of esters is 1. The van der Waals surface area contributed by atoms with Crippen molar-refractivity contribution in [2.75, 3.05) is 6.61 Å². The summed E-state index contributed by atoms with van der Waals surface area (Å²) in [6, 6.07) is -1.67. The molecule has 248 valence electrons. The van der Waals surface area contributed by atoms with Crippen molar-refractivity contribution in [2.24, 2.45) is 0 Å². The van der Waals surface area contributed by atoms with Gasteiger partial charge in [0.2, 0.25) is 5.91 Å². The van der Waals surface area contributed by atoms with Crippen molar-refractivity contribution < 1.29 is 58.4 Å². The van der Waals surface area contributed by atoms with Gasteiger partial charge in [-0.2, -0.15) is 0 Å². The van der Waals surface area contributed by atoms with E-state index in [2.05, 4.69) is 23.7 Å². The van der Waals surface area contributed by atoms with E-state index < -0.39 is 75.6 Å². The highest BCUT2D eigenvalue weighted by molar-refractivity contribution is 7.43. The van der Waals surface area contributed by atoms with Gasteiger partial charge in [0.05, 0.1) is 39.5 Å². The number of nitrogens with one attached hydrogen (secondary N) is 1. The smallest absolute Gasteiger partial charge is 0.308 e. The quantitative estimate of drug-likeness (QED) is 0.0617. The predicted octanol–water partition coefficient (Wildman–Crippen LogP) is 1.31. The lowest BCUT2D eigenvalue weighted by atomic mass is 9.96. The molecule has 1 heterocycles. The van der Waals surface area contributed by atoms with Gasteiger partial charge in [0.15, 0.2) is 12.4 Å². The van der Waals surface area contributed by atoms with Crippen LogP contribution in [-0.2, 0) is 28.2 Å². The summed E-state index contributed by atoms with van der Waals surface area (Å²) < 4.78 is 26.4. The molecule has 1 amide bonds. The second kappa shape index (κ2) is 21.5. The number of hydrogen-bond acceptors (Lipinski definition) is 12. The molecule has 42 heavy (non-hydrogen) atoms. The molecule has 1 fully saturated rings. The number of phosphoric ester groups is 1. The van der Waals surface area contributed by atoms with Crippen LogP contribution in [0.3, 0.4) is 0 Å². The van der Waals surface area contributed by atoms with Crippen LogP contribution in [0.15, 0.2) is 0 Å². The zero-order valence-corrected chi connectivity index (χ0v) is 26.0. The van der Waals surface area contributed by atoms with Gasteiger partial charge >= 0.3 is 5.97 Å². The highest BCUT2D eigenvalue weighted by Gasteiger charge is 2.49. The molecule has 0 aliphatic carbocycles. The summed E-state index contributed by atoms with van der Waals surface area (Å²) in [6.07, 6.45) is 2.74. The van der Waals surface area contributed by atoms with E-state index in [1.807, 2.05) is 0 Å². The summed E-state index contributed by atoms with van der Waals surface area (Å²) in [6.45, 7) is 3.36. The molecule has 13 nitrogen and oxygen atoms in total. The molecule has 1 aliphatic rings. The summed E-state index contributed by atoms with van der Waals surface area (Å²) in [5.74, 6) is -1.75. The molecule has 7 atom stereocenters. The minimum absolute atomic E-state index is 0.340. The average molecular weight is 626 g/mol. The highest BCUT2D eigenvalue weighted by Crippen LogP contribution is 2.34. The Labute approximate surface area is 249 Å². The van der Waals surface area contributed by atoms with Gasteiger partial charge < -0.3 is 54.1 Å². The second-order valence-corrected chi connectivity index (χ2v) is 12.3. The van der Waals surface area contributed by atoms with E-state index in [1.165, 1.54) is 6.42 Å². The molecule has 14 heteroatoms. The molecule has 1 rings (SSSR count). The number of ether oxygens (including phenoxy) is 2. The average Bonchev–Trinajstić information content (AvgIpc) is 2.90. The highest BCUT2D eigenvalue weighted by atomic mass is 31.2. The maximum Gasteiger partial charge on any atom is 0.308 e. The van der Waals surface area contributed by atoms with Crippen molar-refractivity contribution in [1.29, 1.82) is 0 Å². The van der Waals surface area contributed by atoms with Gasteiger partial charge in [0, 0.05) is 0 Å². The van der Waals surface area contributed by atoms with Crippen LogP contribution in [0.1, 0.15) is 117 Å². The van der Waals surface area contributed by atoms with Crippen LogP contribution < -0.4 is 15.1 Å². The molecular formula is C28H52NO12P-2. The van der Waals surface area contributed by atoms with E-state index in [9.17, 15) is 44.4 Å². The summed E-state index contributed by atoms with van der Waals surface area (Å²) in [5, 5.41) is 43.3. The van der Waals surface area contributed by atoms with Gasteiger partial charge in [-0.15, -0.1) is 0 Å². The third-order valence-corrected chi connectivity index (χ3v) is 7.75. The van der Waals surface area contributed by atoms with Crippen molar-refractivity contribution in [3.05, 3.63) is 0 Å². The van der Waals surface area contributed by atoms with Crippen molar-refractivity contribution in [1.82, 2.24) is 5.32 Å². The lowest BCUT2D eigenvalue weighted by Gasteiger charge is -2.46. The maximum absolute atomic E-state index is 12.8. The third-order valence-electron chi connectivity index (χ3n) is 7.29. The molecule has 0 radical (unpaired) electrons. The van der Waals surface area contributed by atoms with Crippen molar-refractivity contribution in [3.63, 3.8) is 0 Å². The van der Waals surface area contributed by atoms with E-state index in [-0.39, 0.29) is 6.42 Å². The van der Waals surface area contributed by atoms with Crippen LogP contribution in [0.2, 0.25) is 0 Å². The number of rotatable bonds is 23. The van der Waals surface area contributed by atoms with Crippen molar-refractivity contribution in [3.8, 4) is 0 Å². The first-order chi connectivity index (χ1) is 19.9. The lowest BCUT2D eigenvalue weighted by Crippen LogP contribution is -2.66. The van der Waals surface area contributed by atoms with Gasteiger partial charge in [0.1, 0.15) is 18.2 Å². The van der Waals surface area contributed by atoms with Gasteiger partial charge in [-0.1, -0.05) is 90.9 Å². The molecule has 0 aromatic heterocycles. The zero-order chi connectivity index (χ0) is 31.5. The molecule has 0 bridgehead atoms. The molecule has 0 unspecified atom stereocenters. The largest absolute Gasteiger partial charge is 0.790 e. The van der Waals surface area contributed by atoms with Crippen LogP contribution >= 0.6 is 7.82 Å². The van der Waals surface area contributed by atoms with Crippen LogP contribution in [0.25, 0.3) is 0 Å². The zero-order valence-electron chi connectivity index (χ0n) is 25.1. The van der Waals surface area contributed by atoms with E-state index in [0.717, 1.165) is 57.8 Å². The number of hydrogen-bond donors (Lipinski definition) is 5. The summed E-state index contributed by atoms with van der Waals surface area (Å²) >= 11 is 0. The number of aliphatic hydroxyl groups excluding tert-OH is 4. The van der Waals surface area contributed by atoms with Crippen LogP contribution in [0, 0.1) is 0 Å². The third kappa shape index (κ3) is 16.6. The van der Waals surface area contributed by atoms with Gasteiger partial charge in [0.25, 0.3) is 0 Å². The first-order valence-electron chi connectivity index (χ1n) is 15.4. The number of phosphoric acid groups is 1. The lowest BCUT2D eigenvalue weighted by molar-refractivity contribution is -0.362. The Balaban J connectivity index is 2.85. The first-order valence-corrected chi connectivity index (χ1v) is 16.9. The molecule has 1 aliphatic heterocycles. The van der Waals surface area contributed by atoms with E-state index in [0.29, 0.717) is 25.7 Å². The Morgan fingerprint density at radius 2 is 1.38 bits per heavy atom. The topological polar surface area (TPSA) is 218 Å². The Hall–Kier alpha value is -1.15. The first kappa shape index (κ1) is 38.9. The summed E-state index contributed by atoms with van der Waals surface area (Å²) in [5.41, 5.74) is 0. The van der Waals surface area contributed by atoms with E-state index in [4.69, 9.17) is 9.47 Å². The standard InChI is InChI=1S/C28H54NO12P/c1-3-5-7-9-10-12-14-15-20(31)17-23(33)29-25-27(26(35)22(19-30)39-28(25)41-42(36,37)38)40-24(34)18-21(32)16-13-11-8-6-4-2/h20-22,25-28,30-32,35H,3-19H2,1-2H3,(H,29,33)(H2,36,37,38)/p-2/t20-,21-,22-,25-,26-,27-,28-/m1/s1. The molecule has 0 aromatic carbocycles. The Kier molecular flexibility index (Phi) is 19.9. The SMILES string of the molecule is CCCCCCCCC[C@@H](O)CC(=O)N[C@H]1[C@@H](OP(=O)([O-])[O-])O[C@H](CO)[C@@H](O)[C@@H]1OC(=O)C[C@H](O)CCCCCCC. The number of unbranched alkanes of at least 4 members (excludes halogenated alkanes) is 10. The summed E-state index contributed by atoms with van der Waals surface area (Å²) in [4.78, 5) is 48.3. The van der Waals surface area contributed by atoms with Crippen LogP contribution in [-0.4, -0.2) is 81.8 Å². The van der Waals surface area contributed by atoms with Gasteiger partial charge in [-0.25, -0.2) is 0 Å². The second-order valence-electron chi connectivity index (χ2n) is 11.1. The number of aliphatic hydroxyl groups is 4. The monoisotopic (exact) mass is 625 g/mol. The molecule has 0 aromatic rings. The normalized spacial score (nSPS) is 24.2. The molecule has 1 saturated heterocycles.